The molecule has 82 valence electrons. The minimum Gasteiger partial charge on any atom is -0.304 e. The molecule has 0 saturated heterocycles. The molecule has 2 rings (SSSR count). The lowest BCUT2D eigenvalue weighted by Crippen LogP contribution is -2.15. The highest BCUT2D eigenvalue weighted by molar-refractivity contribution is 14.1. The number of hydrogen-bond donors (Lipinski definition) is 1. The lowest BCUT2D eigenvalue weighted by atomic mass is 10.3. The zero-order valence-electron chi connectivity index (χ0n) is 8.78. The van der Waals surface area contributed by atoms with Crippen molar-refractivity contribution in [3.8, 4) is 11.5 Å². The molecule has 6 heteroatoms. The quantitative estimate of drug-likeness (QED) is 0.805. The first-order valence-electron chi connectivity index (χ1n) is 4.64. The fraction of sp³-hybridized carbons (Fsp3) is 0.200. The Labute approximate surface area is 106 Å². The maximum atomic E-state index is 11.6. The minimum atomic E-state index is -0.139. The van der Waals surface area contributed by atoms with Gasteiger partial charge in [0.05, 0.1) is 9.26 Å². The molecule has 0 radical (unpaired) electrons. The summed E-state index contributed by atoms with van der Waals surface area (Å²) in [5.74, 6) is 1.13. The van der Waals surface area contributed by atoms with E-state index in [1.165, 1.54) is 0 Å². The summed E-state index contributed by atoms with van der Waals surface area (Å²) in [4.78, 5) is 26.8. The third-order valence-electron chi connectivity index (χ3n) is 2.05. The first-order valence-corrected chi connectivity index (χ1v) is 5.72. The highest BCUT2D eigenvalue weighted by Gasteiger charge is 2.07. The minimum absolute atomic E-state index is 0.139. The molecule has 0 unspecified atom stereocenters. The molecular weight excluding hydrogens is 319 g/mol. The summed E-state index contributed by atoms with van der Waals surface area (Å²) in [7, 11) is 0. The van der Waals surface area contributed by atoms with Gasteiger partial charge >= 0.3 is 0 Å². The Kier molecular flexibility index (Phi) is 2.99. The van der Waals surface area contributed by atoms with Crippen LogP contribution in [0.15, 0.2) is 17.1 Å². The molecule has 2 aromatic rings. The van der Waals surface area contributed by atoms with Gasteiger partial charge in [0.25, 0.3) is 5.56 Å². The van der Waals surface area contributed by atoms with Crippen molar-refractivity contribution in [2.75, 3.05) is 0 Å². The zero-order chi connectivity index (χ0) is 11.7. The highest BCUT2D eigenvalue weighted by atomic mass is 127. The maximum Gasteiger partial charge on any atom is 0.264 e. The third-order valence-corrected chi connectivity index (χ3v) is 3.32. The SMILES string of the molecule is Cc1nccc(-c2nc(C)c(I)c(=O)[nH]2)n1. The Hall–Kier alpha value is -1.31. The van der Waals surface area contributed by atoms with Crippen LogP contribution in [0.5, 0.6) is 0 Å². The van der Waals surface area contributed by atoms with Crippen LogP contribution in [0.2, 0.25) is 0 Å². The number of aromatic nitrogens is 4. The van der Waals surface area contributed by atoms with Gasteiger partial charge in [0, 0.05) is 6.20 Å². The molecule has 0 aliphatic rings. The Morgan fingerprint density at radius 1 is 1.31 bits per heavy atom. The van der Waals surface area contributed by atoms with Crippen molar-refractivity contribution in [2.24, 2.45) is 0 Å². The van der Waals surface area contributed by atoms with Gasteiger partial charge in [0.2, 0.25) is 0 Å². The Morgan fingerprint density at radius 3 is 2.69 bits per heavy atom. The molecule has 0 spiro atoms. The van der Waals surface area contributed by atoms with E-state index in [4.69, 9.17) is 0 Å². The zero-order valence-corrected chi connectivity index (χ0v) is 10.9. The van der Waals surface area contributed by atoms with Crippen LogP contribution in [0.1, 0.15) is 11.5 Å². The number of nitrogens with zero attached hydrogens (tertiary/aromatic N) is 3. The molecule has 16 heavy (non-hydrogen) atoms. The number of aryl methyl sites for hydroxylation is 2. The van der Waals surface area contributed by atoms with Gasteiger partial charge in [-0.15, -0.1) is 0 Å². The van der Waals surface area contributed by atoms with E-state index in [-0.39, 0.29) is 5.56 Å². The summed E-state index contributed by atoms with van der Waals surface area (Å²) in [6.07, 6.45) is 1.64. The Balaban J connectivity index is 2.61. The number of halogens is 1. The summed E-state index contributed by atoms with van der Waals surface area (Å²) in [5, 5.41) is 0. The smallest absolute Gasteiger partial charge is 0.264 e. The van der Waals surface area contributed by atoms with Gasteiger partial charge in [-0.3, -0.25) is 4.79 Å². The molecule has 2 aromatic heterocycles. The summed E-state index contributed by atoms with van der Waals surface area (Å²) >= 11 is 1.97. The van der Waals surface area contributed by atoms with Crippen molar-refractivity contribution in [3.05, 3.63) is 37.7 Å². The number of rotatable bonds is 1. The first-order chi connectivity index (χ1) is 7.58. The summed E-state index contributed by atoms with van der Waals surface area (Å²) < 4.78 is 0.604. The van der Waals surface area contributed by atoms with E-state index in [0.717, 1.165) is 0 Å². The predicted octanol–water partition coefficient (Wildman–Crippen LogP) is 1.45. The molecule has 0 fully saturated rings. The van der Waals surface area contributed by atoms with Crippen LogP contribution in [0.4, 0.5) is 0 Å². The van der Waals surface area contributed by atoms with E-state index in [9.17, 15) is 4.79 Å². The van der Waals surface area contributed by atoms with E-state index < -0.39 is 0 Å². The molecular formula is C10H9IN4O. The second kappa shape index (κ2) is 4.28. The lowest BCUT2D eigenvalue weighted by Gasteiger charge is -2.02. The molecule has 0 amide bonds. The molecule has 0 atom stereocenters. The van der Waals surface area contributed by atoms with Crippen molar-refractivity contribution in [1.82, 2.24) is 19.9 Å². The molecule has 0 bridgehead atoms. The van der Waals surface area contributed by atoms with Crippen LogP contribution >= 0.6 is 22.6 Å². The van der Waals surface area contributed by atoms with Crippen LogP contribution in [-0.2, 0) is 0 Å². The fourth-order valence-electron chi connectivity index (χ4n) is 1.28. The topological polar surface area (TPSA) is 71.5 Å². The Morgan fingerprint density at radius 2 is 2.06 bits per heavy atom. The van der Waals surface area contributed by atoms with Crippen LogP contribution in [-0.4, -0.2) is 19.9 Å². The standard InChI is InChI=1S/C10H9IN4O/c1-5-8(11)10(16)15-9(13-5)7-3-4-12-6(2)14-7/h3-4H,1-2H3,(H,13,15,16). The lowest BCUT2D eigenvalue weighted by molar-refractivity contribution is 1.00. The average molecular weight is 328 g/mol. The van der Waals surface area contributed by atoms with Crippen LogP contribution in [0, 0.1) is 17.4 Å². The molecule has 0 saturated carbocycles. The van der Waals surface area contributed by atoms with Crippen molar-refractivity contribution in [3.63, 3.8) is 0 Å². The third kappa shape index (κ3) is 2.11. The summed E-state index contributed by atoms with van der Waals surface area (Å²) in [6.45, 7) is 3.59. The van der Waals surface area contributed by atoms with Gasteiger partial charge in [-0.25, -0.2) is 15.0 Å². The molecule has 5 nitrogen and oxygen atoms in total. The Bertz CT molecular complexity index is 594. The number of aromatic amines is 1. The van der Waals surface area contributed by atoms with E-state index in [1.807, 2.05) is 22.6 Å². The van der Waals surface area contributed by atoms with Crippen LogP contribution in [0.3, 0.4) is 0 Å². The van der Waals surface area contributed by atoms with Gasteiger partial charge in [-0.1, -0.05) is 0 Å². The van der Waals surface area contributed by atoms with Crippen LogP contribution in [0.25, 0.3) is 11.5 Å². The summed E-state index contributed by atoms with van der Waals surface area (Å²) in [6, 6.07) is 1.72. The van der Waals surface area contributed by atoms with Crippen molar-refractivity contribution >= 4 is 22.6 Å². The average Bonchev–Trinajstić information content (AvgIpc) is 2.25. The van der Waals surface area contributed by atoms with Gasteiger partial charge in [0.15, 0.2) is 5.82 Å². The van der Waals surface area contributed by atoms with Crippen molar-refractivity contribution in [2.45, 2.75) is 13.8 Å². The second-order valence-corrected chi connectivity index (χ2v) is 4.38. The molecule has 0 aliphatic heterocycles. The molecule has 2 heterocycles. The van der Waals surface area contributed by atoms with Crippen molar-refractivity contribution < 1.29 is 0 Å². The van der Waals surface area contributed by atoms with Gasteiger partial charge in [0.1, 0.15) is 11.5 Å². The van der Waals surface area contributed by atoms with Gasteiger partial charge in [-0.2, -0.15) is 0 Å². The fourth-order valence-corrected chi connectivity index (χ4v) is 1.54. The van der Waals surface area contributed by atoms with Crippen LogP contribution < -0.4 is 5.56 Å². The highest BCUT2D eigenvalue weighted by Crippen LogP contribution is 2.11. The maximum absolute atomic E-state index is 11.6. The monoisotopic (exact) mass is 328 g/mol. The first kappa shape index (κ1) is 11.2. The molecule has 1 N–H and O–H groups in total. The number of hydrogen-bond acceptors (Lipinski definition) is 4. The van der Waals surface area contributed by atoms with E-state index in [2.05, 4.69) is 19.9 Å². The van der Waals surface area contributed by atoms with Gasteiger partial charge < -0.3 is 4.98 Å². The number of nitrogens with one attached hydrogen (secondary N) is 1. The van der Waals surface area contributed by atoms with E-state index in [1.54, 1.807) is 26.1 Å². The van der Waals surface area contributed by atoms with Crippen molar-refractivity contribution in [1.29, 1.82) is 0 Å². The van der Waals surface area contributed by atoms with E-state index >= 15 is 0 Å². The largest absolute Gasteiger partial charge is 0.304 e. The second-order valence-electron chi connectivity index (χ2n) is 3.30. The molecule has 0 aliphatic carbocycles. The summed E-state index contributed by atoms with van der Waals surface area (Å²) in [5.41, 5.74) is 1.19. The van der Waals surface area contributed by atoms with Gasteiger partial charge in [-0.05, 0) is 42.5 Å². The molecule has 0 aromatic carbocycles. The predicted molar refractivity (Wildman–Crippen MR) is 68.1 cm³/mol. The number of H-pyrrole nitrogens is 1. The van der Waals surface area contributed by atoms with E-state index in [0.29, 0.717) is 26.6 Å². The normalized spacial score (nSPS) is 10.4.